The van der Waals surface area contributed by atoms with Gasteiger partial charge >= 0.3 is 5.97 Å². The highest BCUT2D eigenvalue weighted by molar-refractivity contribution is 5.89. The molecular weight excluding hydrogens is 264 g/mol. The van der Waals surface area contributed by atoms with Gasteiger partial charge in [0.15, 0.2) is 0 Å². The third-order valence-corrected chi connectivity index (χ3v) is 5.50. The fraction of sp³-hybridized carbons (Fsp3) is 0.500. The third kappa shape index (κ3) is 1.80. The molecular formula is C18H20O3. The quantitative estimate of drug-likeness (QED) is 0.617. The molecule has 2 heterocycles. The Balaban J connectivity index is 1.56. The van der Waals surface area contributed by atoms with Crippen LogP contribution in [-0.4, -0.2) is 23.3 Å². The van der Waals surface area contributed by atoms with Gasteiger partial charge in [-0.2, -0.15) is 0 Å². The SMILES string of the molecule is C[C@]12CC[C@@](C)(O1)[C@H]1C=C[C@H](OC(=O)c3ccccc3)[C@H]12. The zero-order valence-electron chi connectivity index (χ0n) is 12.4. The molecule has 2 saturated heterocycles. The van der Waals surface area contributed by atoms with Crippen molar-refractivity contribution in [2.45, 2.75) is 44.0 Å². The molecule has 2 bridgehead atoms. The molecule has 5 atom stereocenters. The molecule has 1 aromatic rings. The van der Waals surface area contributed by atoms with Gasteiger partial charge in [-0.3, -0.25) is 0 Å². The van der Waals surface area contributed by atoms with E-state index in [9.17, 15) is 4.79 Å². The first-order chi connectivity index (χ1) is 10.0. The Morgan fingerprint density at radius 2 is 1.86 bits per heavy atom. The maximum Gasteiger partial charge on any atom is 0.338 e. The smallest absolute Gasteiger partial charge is 0.338 e. The molecule has 3 aliphatic rings. The zero-order chi connectivity index (χ0) is 14.7. The summed E-state index contributed by atoms with van der Waals surface area (Å²) in [7, 11) is 0. The second kappa shape index (κ2) is 4.20. The molecule has 0 amide bonds. The van der Waals surface area contributed by atoms with Crippen LogP contribution in [0.5, 0.6) is 0 Å². The molecule has 0 aromatic heterocycles. The molecule has 110 valence electrons. The fourth-order valence-electron chi connectivity index (χ4n) is 4.46. The van der Waals surface area contributed by atoms with Crippen LogP contribution in [0, 0.1) is 11.8 Å². The van der Waals surface area contributed by atoms with Crippen LogP contribution in [0.1, 0.15) is 37.0 Å². The molecule has 2 fully saturated rings. The van der Waals surface area contributed by atoms with E-state index in [0.717, 1.165) is 12.8 Å². The highest BCUT2D eigenvalue weighted by Crippen LogP contribution is 2.61. The topological polar surface area (TPSA) is 35.5 Å². The Morgan fingerprint density at radius 3 is 2.62 bits per heavy atom. The maximum absolute atomic E-state index is 12.3. The third-order valence-electron chi connectivity index (χ3n) is 5.50. The van der Waals surface area contributed by atoms with Gasteiger partial charge in [-0.25, -0.2) is 4.79 Å². The largest absolute Gasteiger partial charge is 0.454 e. The summed E-state index contributed by atoms with van der Waals surface area (Å²) in [5.74, 6) is 0.371. The van der Waals surface area contributed by atoms with Crippen LogP contribution >= 0.6 is 0 Å². The first-order valence-electron chi connectivity index (χ1n) is 7.66. The summed E-state index contributed by atoms with van der Waals surface area (Å²) in [5.41, 5.74) is 0.365. The van der Waals surface area contributed by atoms with E-state index in [1.165, 1.54) is 0 Å². The van der Waals surface area contributed by atoms with Crippen molar-refractivity contribution in [2.24, 2.45) is 11.8 Å². The summed E-state index contributed by atoms with van der Waals surface area (Å²) in [6.45, 7) is 4.36. The van der Waals surface area contributed by atoms with Crippen LogP contribution in [-0.2, 0) is 9.47 Å². The average molecular weight is 284 g/mol. The Bertz CT molecular complexity index is 608. The molecule has 3 nitrogen and oxygen atoms in total. The Hall–Kier alpha value is -1.61. The van der Waals surface area contributed by atoms with Gasteiger partial charge in [0.2, 0.25) is 0 Å². The monoisotopic (exact) mass is 284 g/mol. The summed E-state index contributed by atoms with van der Waals surface area (Å²) in [6, 6.07) is 9.19. The zero-order valence-corrected chi connectivity index (χ0v) is 12.4. The van der Waals surface area contributed by atoms with E-state index in [2.05, 4.69) is 26.0 Å². The minimum Gasteiger partial charge on any atom is -0.454 e. The van der Waals surface area contributed by atoms with E-state index in [1.54, 1.807) is 12.1 Å². The number of carbonyl (C=O) groups is 1. The van der Waals surface area contributed by atoms with Crippen molar-refractivity contribution in [1.82, 2.24) is 0 Å². The fourth-order valence-corrected chi connectivity index (χ4v) is 4.46. The molecule has 0 unspecified atom stereocenters. The summed E-state index contributed by atoms with van der Waals surface area (Å²) in [5, 5.41) is 0. The number of carbonyl (C=O) groups excluding carboxylic acids is 1. The summed E-state index contributed by atoms with van der Waals surface area (Å²) >= 11 is 0. The van der Waals surface area contributed by atoms with Crippen molar-refractivity contribution in [3.8, 4) is 0 Å². The van der Waals surface area contributed by atoms with Gasteiger partial charge in [0.1, 0.15) is 6.10 Å². The summed E-state index contributed by atoms with van der Waals surface area (Å²) < 4.78 is 12.1. The lowest BCUT2D eigenvalue weighted by Gasteiger charge is -2.34. The van der Waals surface area contributed by atoms with Gasteiger partial charge < -0.3 is 9.47 Å². The Morgan fingerprint density at radius 1 is 1.14 bits per heavy atom. The number of fused-ring (bicyclic) bond motifs is 5. The molecule has 0 spiro atoms. The van der Waals surface area contributed by atoms with Crippen LogP contribution < -0.4 is 0 Å². The number of hydrogen-bond donors (Lipinski definition) is 0. The minimum absolute atomic E-state index is 0.0795. The molecule has 4 rings (SSSR count). The van der Waals surface area contributed by atoms with Crippen LogP contribution in [0.2, 0.25) is 0 Å². The lowest BCUT2D eigenvalue weighted by atomic mass is 9.68. The van der Waals surface area contributed by atoms with E-state index < -0.39 is 0 Å². The van der Waals surface area contributed by atoms with Gasteiger partial charge in [0, 0.05) is 11.8 Å². The highest BCUT2D eigenvalue weighted by Gasteiger charge is 2.66. The van der Waals surface area contributed by atoms with Crippen LogP contribution in [0.4, 0.5) is 0 Å². The predicted molar refractivity (Wildman–Crippen MR) is 78.9 cm³/mol. The predicted octanol–water partition coefficient (Wildman–Crippen LogP) is 3.36. The molecule has 0 radical (unpaired) electrons. The molecule has 1 aromatic carbocycles. The molecule has 2 aliphatic heterocycles. The molecule has 0 saturated carbocycles. The number of esters is 1. The lowest BCUT2D eigenvalue weighted by Crippen LogP contribution is -2.42. The van der Waals surface area contributed by atoms with Crippen LogP contribution in [0.25, 0.3) is 0 Å². The molecule has 3 heteroatoms. The minimum atomic E-state index is -0.248. The van der Waals surface area contributed by atoms with E-state index in [0.29, 0.717) is 11.5 Å². The van der Waals surface area contributed by atoms with Crippen molar-refractivity contribution in [3.05, 3.63) is 48.0 Å². The van der Waals surface area contributed by atoms with E-state index in [1.807, 2.05) is 18.2 Å². The Kier molecular flexibility index (Phi) is 2.62. The van der Waals surface area contributed by atoms with Gasteiger partial charge in [-0.15, -0.1) is 0 Å². The van der Waals surface area contributed by atoms with E-state index in [-0.39, 0.29) is 29.2 Å². The van der Waals surface area contributed by atoms with Gasteiger partial charge in [-0.1, -0.05) is 24.3 Å². The highest BCUT2D eigenvalue weighted by atomic mass is 16.6. The second-order valence-electron chi connectivity index (χ2n) is 6.90. The van der Waals surface area contributed by atoms with Crippen molar-refractivity contribution in [3.63, 3.8) is 0 Å². The average Bonchev–Trinajstić information content (AvgIpc) is 3.09. The van der Waals surface area contributed by atoms with Crippen molar-refractivity contribution < 1.29 is 14.3 Å². The van der Waals surface area contributed by atoms with Gasteiger partial charge in [0.05, 0.1) is 16.8 Å². The first-order valence-corrected chi connectivity index (χ1v) is 7.66. The van der Waals surface area contributed by atoms with Crippen LogP contribution in [0.3, 0.4) is 0 Å². The summed E-state index contributed by atoms with van der Waals surface area (Å²) in [6.07, 6.45) is 6.22. The molecule has 0 N–H and O–H groups in total. The van der Waals surface area contributed by atoms with E-state index in [4.69, 9.17) is 9.47 Å². The normalized spacial score (nSPS) is 43.0. The maximum atomic E-state index is 12.3. The first kappa shape index (κ1) is 13.1. The number of ether oxygens (including phenoxy) is 2. The van der Waals surface area contributed by atoms with E-state index >= 15 is 0 Å². The van der Waals surface area contributed by atoms with Crippen molar-refractivity contribution in [1.29, 1.82) is 0 Å². The Labute approximate surface area is 124 Å². The van der Waals surface area contributed by atoms with Crippen molar-refractivity contribution in [2.75, 3.05) is 0 Å². The lowest BCUT2D eigenvalue weighted by molar-refractivity contribution is -0.0551. The number of rotatable bonds is 2. The van der Waals surface area contributed by atoms with Gasteiger partial charge in [0.25, 0.3) is 0 Å². The summed E-state index contributed by atoms with van der Waals surface area (Å²) in [4.78, 5) is 12.3. The molecule has 1 aliphatic carbocycles. The van der Waals surface area contributed by atoms with Crippen LogP contribution in [0.15, 0.2) is 42.5 Å². The molecule has 21 heavy (non-hydrogen) atoms. The van der Waals surface area contributed by atoms with Gasteiger partial charge in [-0.05, 0) is 44.9 Å². The standard InChI is InChI=1S/C18H20O3/c1-17-10-11-18(2,21-17)15-13(17)8-9-14(15)20-16(19)12-6-4-3-5-7-12/h3-9,13-15H,10-11H2,1-2H3/t13-,14-,15-,17+,18+/m0/s1. The van der Waals surface area contributed by atoms with Crippen molar-refractivity contribution >= 4 is 5.97 Å². The number of benzene rings is 1. The second-order valence-corrected chi connectivity index (χ2v) is 6.90. The number of hydrogen-bond acceptors (Lipinski definition) is 3.